The molecular weight excluding hydrogens is 258 g/mol. The molecule has 19 heavy (non-hydrogen) atoms. The van der Waals surface area contributed by atoms with Crippen LogP contribution in [0.4, 0.5) is 4.79 Å². The zero-order chi connectivity index (χ0) is 13.8. The maximum absolute atomic E-state index is 10.6. The van der Waals surface area contributed by atoms with Gasteiger partial charge in [0.15, 0.2) is 0 Å². The molecular formula is C14H19N3OS. The normalized spacial score (nSPS) is 12.5. The van der Waals surface area contributed by atoms with Crippen LogP contribution in [0.25, 0.3) is 10.1 Å². The molecule has 4 nitrogen and oxygen atoms in total. The molecule has 0 aliphatic carbocycles. The van der Waals surface area contributed by atoms with Crippen molar-refractivity contribution in [2.45, 2.75) is 19.9 Å². The van der Waals surface area contributed by atoms with Crippen molar-refractivity contribution in [3.8, 4) is 0 Å². The highest BCUT2D eigenvalue weighted by molar-refractivity contribution is 7.19. The summed E-state index contributed by atoms with van der Waals surface area (Å²) in [7, 11) is 0. The topological polar surface area (TPSA) is 67.2 Å². The molecule has 0 radical (unpaired) electrons. The van der Waals surface area contributed by atoms with E-state index in [2.05, 4.69) is 48.7 Å². The number of carbonyl (C=O) groups is 1. The van der Waals surface area contributed by atoms with Crippen LogP contribution < -0.4 is 16.4 Å². The molecule has 2 aromatic rings. The number of amides is 2. The first-order valence-corrected chi connectivity index (χ1v) is 7.16. The number of thiophene rings is 1. The predicted octanol–water partition coefficient (Wildman–Crippen LogP) is 2.53. The highest BCUT2D eigenvalue weighted by Crippen LogP contribution is 2.34. The minimum atomic E-state index is -0.479. The lowest BCUT2D eigenvalue weighted by Crippen LogP contribution is -2.35. The van der Waals surface area contributed by atoms with Gasteiger partial charge < -0.3 is 16.4 Å². The maximum Gasteiger partial charge on any atom is 0.312 e. The first-order valence-electron chi connectivity index (χ1n) is 6.34. The number of nitrogens with one attached hydrogen (secondary N) is 2. The van der Waals surface area contributed by atoms with Crippen LogP contribution in [0.5, 0.6) is 0 Å². The molecule has 1 aromatic heterocycles. The first-order chi connectivity index (χ1) is 9.09. The zero-order valence-corrected chi connectivity index (χ0v) is 12.0. The van der Waals surface area contributed by atoms with Gasteiger partial charge in [-0.15, -0.1) is 11.3 Å². The van der Waals surface area contributed by atoms with E-state index in [4.69, 9.17) is 5.73 Å². The number of urea groups is 1. The Balaban J connectivity index is 2.03. The molecule has 1 atom stereocenters. The van der Waals surface area contributed by atoms with Crippen molar-refractivity contribution < 1.29 is 4.79 Å². The molecule has 1 unspecified atom stereocenters. The van der Waals surface area contributed by atoms with E-state index < -0.39 is 6.03 Å². The first kappa shape index (κ1) is 13.8. The molecule has 0 spiro atoms. The molecule has 0 bridgehead atoms. The van der Waals surface area contributed by atoms with Crippen LogP contribution in [0.15, 0.2) is 24.3 Å². The largest absolute Gasteiger partial charge is 0.352 e. The summed E-state index contributed by atoms with van der Waals surface area (Å²) in [6, 6.07) is 8.24. The average molecular weight is 277 g/mol. The van der Waals surface area contributed by atoms with Gasteiger partial charge in [-0.3, -0.25) is 0 Å². The number of benzene rings is 1. The van der Waals surface area contributed by atoms with Gasteiger partial charge in [-0.25, -0.2) is 4.79 Å². The number of aryl methyl sites for hydroxylation is 1. The Bertz CT molecular complexity index is 579. The lowest BCUT2D eigenvalue weighted by Gasteiger charge is -2.13. The van der Waals surface area contributed by atoms with Gasteiger partial charge in [-0.05, 0) is 30.9 Å². The second-order valence-electron chi connectivity index (χ2n) is 4.55. The van der Waals surface area contributed by atoms with Crippen LogP contribution in [0, 0.1) is 6.92 Å². The summed E-state index contributed by atoms with van der Waals surface area (Å²) in [6.45, 7) is 5.55. The van der Waals surface area contributed by atoms with E-state index in [1.54, 1.807) is 0 Å². The summed E-state index contributed by atoms with van der Waals surface area (Å²) < 4.78 is 1.32. The Morgan fingerprint density at radius 1 is 1.37 bits per heavy atom. The van der Waals surface area contributed by atoms with Crippen LogP contribution >= 0.6 is 11.3 Å². The van der Waals surface area contributed by atoms with Crippen molar-refractivity contribution in [1.82, 2.24) is 10.6 Å². The standard InChI is InChI=1S/C14H19N3OS/c1-9-11-5-3-4-6-12(11)19-13(9)10(2)16-7-8-17-14(15)18/h3-6,10,16H,7-8H2,1-2H3,(H3,15,17,18). The maximum atomic E-state index is 10.6. The second-order valence-corrected chi connectivity index (χ2v) is 5.64. The van der Waals surface area contributed by atoms with Crippen LogP contribution in [-0.4, -0.2) is 19.1 Å². The lowest BCUT2D eigenvalue weighted by molar-refractivity contribution is 0.249. The fourth-order valence-electron chi connectivity index (χ4n) is 2.17. The van der Waals surface area contributed by atoms with E-state index in [1.807, 2.05) is 11.3 Å². The van der Waals surface area contributed by atoms with Gasteiger partial charge in [0, 0.05) is 28.7 Å². The third kappa shape index (κ3) is 3.24. The summed E-state index contributed by atoms with van der Waals surface area (Å²) >= 11 is 1.82. The highest BCUT2D eigenvalue weighted by Gasteiger charge is 2.13. The molecule has 0 saturated carbocycles. The van der Waals surface area contributed by atoms with Gasteiger partial charge in [-0.1, -0.05) is 18.2 Å². The summed E-state index contributed by atoms with van der Waals surface area (Å²) in [6.07, 6.45) is 0. The van der Waals surface area contributed by atoms with Gasteiger partial charge in [0.2, 0.25) is 0 Å². The predicted molar refractivity (Wildman–Crippen MR) is 80.6 cm³/mol. The molecule has 2 rings (SSSR count). The van der Waals surface area contributed by atoms with E-state index in [9.17, 15) is 4.79 Å². The fourth-order valence-corrected chi connectivity index (χ4v) is 3.41. The van der Waals surface area contributed by atoms with Gasteiger partial charge >= 0.3 is 6.03 Å². The smallest absolute Gasteiger partial charge is 0.312 e. The molecule has 1 aromatic carbocycles. The highest BCUT2D eigenvalue weighted by atomic mass is 32.1. The molecule has 0 aliphatic rings. The van der Waals surface area contributed by atoms with Crippen molar-refractivity contribution in [2.75, 3.05) is 13.1 Å². The number of primary amides is 1. The molecule has 1 heterocycles. The Morgan fingerprint density at radius 2 is 2.11 bits per heavy atom. The van der Waals surface area contributed by atoms with E-state index >= 15 is 0 Å². The summed E-state index contributed by atoms with van der Waals surface area (Å²) in [5.41, 5.74) is 6.36. The number of rotatable bonds is 5. The lowest BCUT2D eigenvalue weighted by atomic mass is 10.1. The number of fused-ring (bicyclic) bond motifs is 1. The summed E-state index contributed by atoms with van der Waals surface area (Å²) in [5.74, 6) is 0. The third-order valence-electron chi connectivity index (χ3n) is 3.15. The molecule has 4 N–H and O–H groups in total. The van der Waals surface area contributed by atoms with Crippen molar-refractivity contribution in [1.29, 1.82) is 0 Å². The van der Waals surface area contributed by atoms with Gasteiger partial charge in [0.1, 0.15) is 0 Å². The van der Waals surface area contributed by atoms with E-state index in [-0.39, 0.29) is 6.04 Å². The van der Waals surface area contributed by atoms with Crippen molar-refractivity contribution in [3.05, 3.63) is 34.7 Å². The van der Waals surface area contributed by atoms with Gasteiger partial charge in [0.05, 0.1) is 0 Å². The molecule has 2 amide bonds. The number of carbonyl (C=O) groups excluding carboxylic acids is 1. The minimum Gasteiger partial charge on any atom is -0.352 e. The Hall–Kier alpha value is -1.59. The van der Waals surface area contributed by atoms with Crippen molar-refractivity contribution in [2.24, 2.45) is 5.73 Å². The van der Waals surface area contributed by atoms with E-state index in [0.717, 1.165) is 0 Å². The quantitative estimate of drug-likeness (QED) is 0.735. The Morgan fingerprint density at radius 3 is 2.79 bits per heavy atom. The molecule has 5 heteroatoms. The van der Waals surface area contributed by atoms with Crippen LogP contribution in [0.3, 0.4) is 0 Å². The SMILES string of the molecule is Cc1c(C(C)NCCNC(N)=O)sc2ccccc12. The Kier molecular flexibility index (Phi) is 4.39. The Labute approximate surface area is 117 Å². The van der Waals surface area contributed by atoms with Gasteiger partial charge in [-0.2, -0.15) is 0 Å². The minimum absolute atomic E-state index is 0.270. The van der Waals surface area contributed by atoms with Crippen LogP contribution in [0.1, 0.15) is 23.4 Å². The second kappa shape index (κ2) is 6.04. The fraction of sp³-hybridized carbons (Fsp3) is 0.357. The monoisotopic (exact) mass is 277 g/mol. The van der Waals surface area contributed by atoms with E-state index in [1.165, 1.54) is 20.5 Å². The summed E-state index contributed by atoms with van der Waals surface area (Å²) in [5, 5.41) is 7.29. The van der Waals surface area contributed by atoms with Crippen LogP contribution in [-0.2, 0) is 0 Å². The molecule has 0 saturated heterocycles. The van der Waals surface area contributed by atoms with Crippen molar-refractivity contribution >= 4 is 27.5 Å². The number of nitrogens with two attached hydrogens (primary N) is 1. The average Bonchev–Trinajstić information content (AvgIpc) is 2.72. The molecule has 0 fully saturated rings. The molecule has 0 aliphatic heterocycles. The number of hydrogen-bond donors (Lipinski definition) is 3. The zero-order valence-electron chi connectivity index (χ0n) is 11.2. The summed E-state index contributed by atoms with van der Waals surface area (Å²) in [4.78, 5) is 11.9. The van der Waals surface area contributed by atoms with E-state index in [0.29, 0.717) is 13.1 Å². The molecule has 102 valence electrons. The number of hydrogen-bond acceptors (Lipinski definition) is 3. The third-order valence-corrected chi connectivity index (χ3v) is 4.60. The van der Waals surface area contributed by atoms with Crippen molar-refractivity contribution in [3.63, 3.8) is 0 Å². The van der Waals surface area contributed by atoms with Crippen LogP contribution in [0.2, 0.25) is 0 Å². The van der Waals surface area contributed by atoms with Gasteiger partial charge in [0.25, 0.3) is 0 Å².